The number of hydrogen-bond donors (Lipinski definition) is 0. The van der Waals surface area contributed by atoms with Crippen molar-refractivity contribution in [1.82, 2.24) is 4.98 Å². The van der Waals surface area contributed by atoms with Crippen LogP contribution in [-0.4, -0.2) is 30.5 Å². The van der Waals surface area contributed by atoms with Crippen LogP contribution in [0.4, 0.5) is 34.1 Å². The molecule has 0 N–H and O–H groups in total. The van der Waals surface area contributed by atoms with Gasteiger partial charge in [0.1, 0.15) is 0 Å². The Labute approximate surface area is 284 Å². The summed E-state index contributed by atoms with van der Waals surface area (Å²) < 4.78 is 0. The second-order valence-corrected chi connectivity index (χ2v) is 18.8. The zero-order chi connectivity index (χ0) is 32.5. The number of para-hydroxylation sites is 4. The summed E-state index contributed by atoms with van der Waals surface area (Å²) in [6.45, 7) is 4.85. The lowest BCUT2D eigenvalue weighted by Crippen LogP contribution is -2.62. The fourth-order valence-electron chi connectivity index (χ4n) is 8.85. The minimum Gasteiger partial charge on any atom is -0.311 e. The molecule has 3 aliphatic rings. The van der Waals surface area contributed by atoms with Crippen LogP contribution < -0.4 is 26.2 Å². The SMILES string of the molecule is CC1(C)c2ccccc2N2c3cc4c(nc(S(C)(C)C)c5ccccc54)c4c3B(c3ccccc3N4c3ccccc3)c3cccc1c32. The molecule has 6 aromatic carbocycles. The number of pyridine rings is 1. The van der Waals surface area contributed by atoms with Crippen molar-refractivity contribution in [2.24, 2.45) is 0 Å². The zero-order valence-corrected chi connectivity index (χ0v) is 28.8. The number of aromatic nitrogens is 1. The van der Waals surface area contributed by atoms with Crippen LogP contribution in [0.5, 0.6) is 0 Å². The molecule has 232 valence electrons. The molecule has 5 heteroatoms. The van der Waals surface area contributed by atoms with E-state index in [-0.39, 0.29) is 12.1 Å². The summed E-state index contributed by atoms with van der Waals surface area (Å²) in [5.41, 5.74) is 15.1. The van der Waals surface area contributed by atoms with Crippen LogP contribution >= 0.6 is 10.0 Å². The maximum Gasteiger partial charge on any atom is 0.252 e. The summed E-state index contributed by atoms with van der Waals surface area (Å²) in [5, 5.41) is 4.95. The van der Waals surface area contributed by atoms with Crippen LogP contribution in [0.1, 0.15) is 25.0 Å². The average molecular weight is 638 g/mol. The van der Waals surface area contributed by atoms with Gasteiger partial charge < -0.3 is 9.80 Å². The van der Waals surface area contributed by atoms with Gasteiger partial charge in [0.05, 0.1) is 21.9 Å². The van der Waals surface area contributed by atoms with Crippen molar-refractivity contribution in [3.63, 3.8) is 0 Å². The summed E-state index contributed by atoms with van der Waals surface area (Å²) in [5.74, 6) is 0. The molecule has 3 aliphatic heterocycles. The molecule has 48 heavy (non-hydrogen) atoms. The highest BCUT2D eigenvalue weighted by atomic mass is 32.3. The van der Waals surface area contributed by atoms with Gasteiger partial charge in [0, 0.05) is 38.9 Å². The standard InChI is InChI=1S/C43H36BN3S/c1-43(2)31-20-11-13-24-35(31)47-37-26-30-28-18-9-10-19-29(28)42(48(3,4)5)45-39(30)41-38(37)44(34-23-15-21-32(43)40(34)47)33-22-12-14-25-36(33)46(41)27-16-7-6-8-17-27/h6-26H,1-5H3. The van der Waals surface area contributed by atoms with Crippen LogP contribution in [0.25, 0.3) is 21.7 Å². The smallest absolute Gasteiger partial charge is 0.252 e. The fourth-order valence-corrected chi connectivity index (χ4v) is 10.1. The van der Waals surface area contributed by atoms with Gasteiger partial charge in [0.15, 0.2) is 0 Å². The van der Waals surface area contributed by atoms with Gasteiger partial charge in [-0.1, -0.05) is 111 Å². The van der Waals surface area contributed by atoms with E-state index in [1.165, 1.54) is 77.1 Å². The molecular formula is C43H36BN3S. The summed E-state index contributed by atoms with van der Waals surface area (Å²) in [6.07, 6.45) is 7.11. The molecule has 4 heterocycles. The first kappa shape index (κ1) is 28.1. The minimum absolute atomic E-state index is 0.0709. The highest BCUT2D eigenvalue weighted by Crippen LogP contribution is 2.56. The average Bonchev–Trinajstić information content (AvgIpc) is 3.10. The van der Waals surface area contributed by atoms with Crippen molar-refractivity contribution >= 4 is 88.9 Å². The molecule has 0 aliphatic carbocycles. The van der Waals surface area contributed by atoms with Crippen LogP contribution in [0.3, 0.4) is 0 Å². The van der Waals surface area contributed by atoms with E-state index in [0.29, 0.717) is 0 Å². The summed E-state index contributed by atoms with van der Waals surface area (Å²) in [4.78, 5) is 10.9. The normalized spacial score (nSPS) is 15.6. The van der Waals surface area contributed by atoms with E-state index in [4.69, 9.17) is 4.98 Å². The van der Waals surface area contributed by atoms with Gasteiger partial charge in [-0.15, -0.1) is 0 Å². The number of hydrogen-bond acceptors (Lipinski definition) is 3. The Bertz CT molecular complexity index is 2500. The number of fused-ring (bicyclic) bond motifs is 10. The van der Waals surface area contributed by atoms with Gasteiger partial charge in [-0.05, 0) is 82.0 Å². The van der Waals surface area contributed by atoms with E-state index in [2.05, 4.69) is 170 Å². The molecule has 10 rings (SSSR count). The third kappa shape index (κ3) is 3.55. The van der Waals surface area contributed by atoms with Crippen molar-refractivity contribution in [3.05, 3.63) is 139 Å². The topological polar surface area (TPSA) is 19.4 Å². The third-order valence-corrected chi connectivity index (χ3v) is 12.4. The fraction of sp³-hybridized carbons (Fsp3) is 0.140. The second kappa shape index (κ2) is 9.55. The largest absolute Gasteiger partial charge is 0.311 e. The van der Waals surface area contributed by atoms with Crippen LogP contribution in [0.15, 0.2) is 132 Å². The molecule has 0 unspecified atom stereocenters. The Balaban J connectivity index is 1.46. The minimum atomic E-state index is -1.16. The third-order valence-electron chi connectivity index (χ3n) is 10.9. The van der Waals surface area contributed by atoms with Crippen LogP contribution in [0, 0.1) is 0 Å². The second-order valence-electron chi connectivity index (χ2n) is 14.7. The molecule has 1 aromatic heterocycles. The van der Waals surface area contributed by atoms with Gasteiger partial charge in [-0.25, -0.2) is 15.0 Å². The first-order valence-electron chi connectivity index (χ1n) is 16.8. The highest BCUT2D eigenvalue weighted by molar-refractivity contribution is 8.32. The van der Waals surface area contributed by atoms with Gasteiger partial charge in [0.25, 0.3) is 6.71 Å². The van der Waals surface area contributed by atoms with Gasteiger partial charge in [-0.3, -0.25) is 0 Å². The van der Waals surface area contributed by atoms with Crippen molar-refractivity contribution in [2.45, 2.75) is 24.3 Å². The summed E-state index contributed by atoms with van der Waals surface area (Å²) >= 11 is 0. The molecule has 0 atom stereocenters. The van der Waals surface area contributed by atoms with E-state index >= 15 is 0 Å². The lowest BCUT2D eigenvalue weighted by Gasteiger charge is -2.49. The molecule has 0 bridgehead atoms. The van der Waals surface area contributed by atoms with E-state index in [9.17, 15) is 0 Å². The van der Waals surface area contributed by atoms with E-state index in [1.54, 1.807) is 0 Å². The molecule has 0 amide bonds. The monoisotopic (exact) mass is 637 g/mol. The van der Waals surface area contributed by atoms with Gasteiger partial charge in [0.2, 0.25) is 0 Å². The zero-order valence-electron chi connectivity index (χ0n) is 28.0. The van der Waals surface area contributed by atoms with Crippen LogP contribution in [-0.2, 0) is 5.41 Å². The number of anilines is 6. The molecular weight excluding hydrogens is 601 g/mol. The molecule has 0 radical (unpaired) electrons. The van der Waals surface area contributed by atoms with Crippen molar-refractivity contribution in [3.8, 4) is 0 Å². The Hall–Kier alpha value is -5.00. The van der Waals surface area contributed by atoms with E-state index < -0.39 is 10.0 Å². The number of rotatable bonds is 2. The lowest BCUT2D eigenvalue weighted by atomic mass is 9.33. The highest BCUT2D eigenvalue weighted by Gasteiger charge is 2.48. The van der Waals surface area contributed by atoms with Crippen molar-refractivity contribution in [2.75, 3.05) is 28.6 Å². The van der Waals surface area contributed by atoms with Crippen molar-refractivity contribution in [1.29, 1.82) is 0 Å². The Morgan fingerprint density at radius 3 is 2.00 bits per heavy atom. The summed E-state index contributed by atoms with van der Waals surface area (Å²) in [6, 6.07) is 47.4. The lowest BCUT2D eigenvalue weighted by molar-refractivity contribution is 0.632. The molecule has 7 aromatic rings. The first-order chi connectivity index (χ1) is 23.2. The number of nitrogens with zero attached hydrogens (tertiary/aromatic N) is 3. The van der Waals surface area contributed by atoms with Crippen LogP contribution in [0.2, 0.25) is 0 Å². The first-order valence-corrected chi connectivity index (χ1v) is 19.7. The van der Waals surface area contributed by atoms with E-state index in [1.807, 2.05) is 0 Å². The molecule has 0 spiro atoms. The van der Waals surface area contributed by atoms with Crippen molar-refractivity contribution < 1.29 is 0 Å². The molecule has 0 saturated carbocycles. The number of benzene rings is 6. The van der Waals surface area contributed by atoms with E-state index in [0.717, 1.165) is 11.2 Å². The van der Waals surface area contributed by atoms with Gasteiger partial charge >= 0.3 is 0 Å². The Morgan fingerprint density at radius 2 is 1.21 bits per heavy atom. The maximum absolute atomic E-state index is 5.75. The molecule has 3 nitrogen and oxygen atoms in total. The molecule has 0 fully saturated rings. The predicted octanol–water partition coefficient (Wildman–Crippen LogP) is 9.16. The quantitative estimate of drug-likeness (QED) is 0.139. The predicted molar refractivity (Wildman–Crippen MR) is 209 cm³/mol. The maximum atomic E-state index is 5.75. The summed E-state index contributed by atoms with van der Waals surface area (Å²) in [7, 11) is -1.16. The Kier molecular flexibility index (Phi) is 5.58. The molecule has 0 saturated heterocycles. The Morgan fingerprint density at radius 1 is 0.562 bits per heavy atom. The van der Waals surface area contributed by atoms with Gasteiger partial charge in [-0.2, -0.15) is 0 Å².